The van der Waals surface area contributed by atoms with E-state index in [1.165, 1.54) is 49.7 Å². The second kappa shape index (κ2) is 6.12. The summed E-state index contributed by atoms with van der Waals surface area (Å²) in [5.74, 6) is 0.745. The van der Waals surface area contributed by atoms with Crippen LogP contribution in [0.3, 0.4) is 0 Å². The number of nitrogens with zero attached hydrogens (tertiary/aromatic N) is 3. The third-order valence-electron chi connectivity index (χ3n) is 4.88. The summed E-state index contributed by atoms with van der Waals surface area (Å²) in [7, 11) is 0. The van der Waals surface area contributed by atoms with Crippen molar-refractivity contribution in [1.82, 2.24) is 14.8 Å². The van der Waals surface area contributed by atoms with E-state index in [2.05, 4.69) is 40.9 Å². The maximum Gasteiger partial charge on any atom is 0.0940 e. The molecule has 2 aliphatic rings. The predicted molar refractivity (Wildman–Crippen MR) is 85.3 cm³/mol. The van der Waals surface area contributed by atoms with Crippen molar-refractivity contribution in [3.63, 3.8) is 0 Å². The quantitative estimate of drug-likeness (QED) is 0.851. The highest BCUT2D eigenvalue weighted by Crippen LogP contribution is 2.27. The van der Waals surface area contributed by atoms with Gasteiger partial charge in [0.1, 0.15) is 0 Å². The molecular weight excluding hydrogens is 266 g/mol. The predicted octanol–water partition coefficient (Wildman–Crippen LogP) is 2.80. The third kappa shape index (κ3) is 3.07. The van der Waals surface area contributed by atoms with Crippen LogP contribution in [0.5, 0.6) is 0 Å². The minimum Gasteiger partial charge on any atom is -0.298 e. The van der Waals surface area contributed by atoms with Crippen LogP contribution in [-0.2, 0) is 6.42 Å². The molecule has 2 saturated heterocycles. The van der Waals surface area contributed by atoms with Gasteiger partial charge in [-0.2, -0.15) is 0 Å². The fraction of sp³-hybridized carbons (Fsp3) is 0.812. The average Bonchev–Trinajstić information content (AvgIpc) is 3.03. The monoisotopic (exact) mass is 293 g/mol. The van der Waals surface area contributed by atoms with Gasteiger partial charge in [-0.05, 0) is 32.2 Å². The van der Waals surface area contributed by atoms with Crippen LogP contribution in [0.4, 0.5) is 0 Å². The van der Waals surface area contributed by atoms with Crippen molar-refractivity contribution in [2.75, 3.05) is 26.2 Å². The van der Waals surface area contributed by atoms with E-state index in [1.54, 1.807) is 0 Å². The van der Waals surface area contributed by atoms with E-state index in [4.69, 9.17) is 0 Å². The first kappa shape index (κ1) is 14.5. The number of hydrogen-bond acceptors (Lipinski definition) is 4. The molecule has 0 bridgehead atoms. The smallest absolute Gasteiger partial charge is 0.0940 e. The first-order chi connectivity index (χ1) is 9.63. The highest BCUT2D eigenvalue weighted by atomic mass is 32.1. The molecule has 2 aliphatic heterocycles. The molecule has 112 valence electrons. The molecule has 0 spiro atoms. The maximum absolute atomic E-state index is 4.61. The molecule has 0 aliphatic carbocycles. The standard InChI is InChI=1S/C16H27N3S/c1-12(2)15-10-18-7-4-5-14(18)9-19(15)8-6-16-17-13(3)11-20-16/h11-12,14-15H,4-10H2,1-3H3. The van der Waals surface area contributed by atoms with E-state index >= 15 is 0 Å². The van der Waals surface area contributed by atoms with Crippen LogP contribution in [-0.4, -0.2) is 53.0 Å². The Morgan fingerprint density at radius 3 is 2.95 bits per heavy atom. The Bertz CT molecular complexity index is 443. The van der Waals surface area contributed by atoms with Gasteiger partial charge in [-0.15, -0.1) is 11.3 Å². The number of aromatic nitrogens is 1. The van der Waals surface area contributed by atoms with Gasteiger partial charge in [0, 0.05) is 49.2 Å². The molecule has 2 unspecified atom stereocenters. The lowest BCUT2D eigenvalue weighted by molar-refractivity contribution is 0.0302. The normalized spacial score (nSPS) is 28.2. The van der Waals surface area contributed by atoms with Crippen LogP contribution in [0.2, 0.25) is 0 Å². The second-order valence-corrected chi connectivity index (χ2v) is 7.67. The summed E-state index contributed by atoms with van der Waals surface area (Å²) in [5.41, 5.74) is 1.17. The van der Waals surface area contributed by atoms with Gasteiger partial charge in [-0.3, -0.25) is 9.80 Å². The summed E-state index contributed by atoms with van der Waals surface area (Å²) in [6, 6.07) is 1.55. The van der Waals surface area contributed by atoms with E-state index in [0.29, 0.717) is 0 Å². The van der Waals surface area contributed by atoms with E-state index < -0.39 is 0 Å². The third-order valence-corrected chi connectivity index (χ3v) is 5.91. The van der Waals surface area contributed by atoms with Crippen molar-refractivity contribution in [2.45, 2.75) is 52.1 Å². The van der Waals surface area contributed by atoms with Gasteiger partial charge < -0.3 is 0 Å². The Morgan fingerprint density at radius 2 is 2.25 bits per heavy atom. The van der Waals surface area contributed by atoms with E-state index in [0.717, 1.165) is 24.4 Å². The van der Waals surface area contributed by atoms with Crippen molar-refractivity contribution in [3.05, 3.63) is 16.1 Å². The van der Waals surface area contributed by atoms with E-state index in [9.17, 15) is 0 Å². The first-order valence-electron chi connectivity index (χ1n) is 8.02. The Morgan fingerprint density at radius 1 is 1.40 bits per heavy atom. The Labute approximate surface area is 127 Å². The second-order valence-electron chi connectivity index (χ2n) is 6.73. The molecular formula is C16H27N3S. The van der Waals surface area contributed by atoms with Crippen LogP contribution in [0.25, 0.3) is 0 Å². The molecule has 0 aromatic carbocycles. The van der Waals surface area contributed by atoms with Gasteiger partial charge in [0.15, 0.2) is 0 Å². The number of fused-ring (bicyclic) bond motifs is 1. The molecule has 0 N–H and O–H groups in total. The van der Waals surface area contributed by atoms with Crippen LogP contribution < -0.4 is 0 Å². The lowest BCUT2D eigenvalue weighted by atomic mass is 9.97. The van der Waals surface area contributed by atoms with Crippen LogP contribution in [0.1, 0.15) is 37.4 Å². The molecule has 0 saturated carbocycles. The van der Waals surface area contributed by atoms with Gasteiger partial charge in [-0.1, -0.05) is 13.8 Å². The Kier molecular flexibility index (Phi) is 4.43. The minimum absolute atomic E-state index is 0.727. The van der Waals surface area contributed by atoms with Crippen molar-refractivity contribution in [1.29, 1.82) is 0 Å². The number of piperazine rings is 1. The molecule has 2 fully saturated rings. The van der Waals surface area contributed by atoms with Crippen molar-refractivity contribution >= 4 is 11.3 Å². The molecule has 1 aromatic heterocycles. The topological polar surface area (TPSA) is 19.4 Å². The summed E-state index contributed by atoms with van der Waals surface area (Å²) in [6.45, 7) is 11.9. The SMILES string of the molecule is Cc1csc(CCN2CC3CCCN3CC2C(C)C)n1. The molecule has 3 rings (SSSR count). The summed E-state index contributed by atoms with van der Waals surface area (Å²) in [4.78, 5) is 10.1. The lowest BCUT2D eigenvalue weighted by Crippen LogP contribution is -2.58. The molecule has 3 nitrogen and oxygen atoms in total. The van der Waals surface area contributed by atoms with Gasteiger partial charge in [0.25, 0.3) is 0 Å². The van der Waals surface area contributed by atoms with Crippen molar-refractivity contribution in [3.8, 4) is 0 Å². The average molecular weight is 293 g/mol. The van der Waals surface area contributed by atoms with Crippen molar-refractivity contribution in [2.24, 2.45) is 5.92 Å². The van der Waals surface area contributed by atoms with Crippen LogP contribution in [0, 0.1) is 12.8 Å². The molecule has 4 heteroatoms. The summed E-state index contributed by atoms with van der Waals surface area (Å²) < 4.78 is 0. The maximum atomic E-state index is 4.61. The zero-order chi connectivity index (χ0) is 14.1. The molecule has 1 aromatic rings. The van der Waals surface area contributed by atoms with E-state index in [1.807, 2.05) is 11.3 Å². The number of aryl methyl sites for hydroxylation is 1. The van der Waals surface area contributed by atoms with Gasteiger partial charge in [0.05, 0.1) is 5.01 Å². The molecule has 0 radical (unpaired) electrons. The molecule has 2 atom stereocenters. The highest BCUT2D eigenvalue weighted by Gasteiger charge is 2.37. The zero-order valence-corrected chi connectivity index (χ0v) is 13.8. The molecule has 3 heterocycles. The van der Waals surface area contributed by atoms with Gasteiger partial charge >= 0.3 is 0 Å². The molecule has 20 heavy (non-hydrogen) atoms. The van der Waals surface area contributed by atoms with Crippen LogP contribution >= 0.6 is 11.3 Å². The zero-order valence-electron chi connectivity index (χ0n) is 13.0. The first-order valence-corrected chi connectivity index (χ1v) is 8.90. The fourth-order valence-electron chi connectivity index (χ4n) is 3.75. The Hall–Kier alpha value is -0.450. The fourth-order valence-corrected chi connectivity index (χ4v) is 4.52. The highest BCUT2D eigenvalue weighted by molar-refractivity contribution is 7.09. The molecule has 0 amide bonds. The van der Waals surface area contributed by atoms with Gasteiger partial charge in [0.2, 0.25) is 0 Å². The van der Waals surface area contributed by atoms with E-state index in [-0.39, 0.29) is 0 Å². The number of thiazole rings is 1. The largest absolute Gasteiger partial charge is 0.298 e. The van der Waals surface area contributed by atoms with Crippen LogP contribution in [0.15, 0.2) is 5.38 Å². The lowest BCUT2D eigenvalue weighted by Gasteiger charge is -2.45. The summed E-state index contributed by atoms with van der Waals surface area (Å²) >= 11 is 1.82. The minimum atomic E-state index is 0.727. The number of hydrogen-bond donors (Lipinski definition) is 0. The van der Waals surface area contributed by atoms with Crippen molar-refractivity contribution < 1.29 is 0 Å². The number of rotatable bonds is 4. The van der Waals surface area contributed by atoms with Gasteiger partial charge in [-0.25, -0.2) is 4.98 Å². The summed E-state index contributed by atoms with van der Waals surface area (Å²) in [5, 5.41) is 3.48. The Balaban J connectivity index is 1.62. The summed E-state index contributed by atoms with van der Waals surface area (Å²) in [6.07, 6.45) is 3.92.